The molecule has 1 heterocycles. The number of rotatable bonds is 6. The first kappa shape index (κ1) is 13.8. The fourth-order valence-corrected chi connectivity index (χ4v) is 2.39. The van der Waals surface area contributed by atoms with E-state index in [1.54, 1.807) is 6.20 Å². The summed E-state index contributed by atoms with van der Waals surface area (Å²) in [6, 6.07) is 0. The van der Waals surface area contributed by atoms with Gasteiger partial charge in [-0.2, -0.15) is 0 Å². The van der Waals surface area contributed by atoms with Gasteiger partial charge in [0.2, 0.25) is 5.91 Å². The number of nitrogens with zero attached hydrogens (tertiary/aromatic N) is 1. The molecule has 0 saturated heterocycles. The lowest BCUT2D eigenvalue weighted by Crippen LogP contribution is -2.12. The molecule has 1 aromatic heterocycles. The molecule has 1 amide bonds. The predicted molar refractivity (Wildman–Crippen MR) is 79.2 cm³/mol. The number of amides is 1. The second-order valence-electron chi connectivity index (χ2n) is 4.36. The number of thiazole rings is 1. The molecule has 0 saturated carbocycles. The van der Waals surface area contributed by atoms with Crippen LogP contribution in [0.5, 0.6) is 0 Å². The number of carbonyl (C=O) groups excluding carboxylic acids is 1. The highest BCUT2D eigenvalue weighted by Gasteiger charge is 2.05. The number of allylic oxidation sites excluding steroid dienone is 3. The van der Waals surface area contributed by atoms with Crippen molar-refractivity contribution in [2.75, 3.05) is 11.9 Å². The Morgan fingerprint density at radius 3 is 3.16 bits per heavy atom. The molecule has 1 N–H and O–H groups in total. The number of nitrogens with one attached hydrogen (secondary N) is 1. The van der Waals surface area contributed by atoms with Crippen LogP contribution >= 0.6 is 11.3 Å². The van der Waals surface area contributed by atoms with E-state index in [1.165, 1.54) is 11.3 Å². The number of ether oxygens (including phenoxy) is 1. The van der Waals surface area contributed by atoms with Crippen LogP contribution in [-0.2, 0) is 9.53 Å². The summed E-state index contributed by atoms with van der Waals surface area (Å²) in [5, 5.41) is 3.45. The minimum Gasteiger partial charge on any atom is -0.494 e. The lowest BCUT2D eigenvalue weighted by Gasteiger charge is -2.09. The highest BCUT2D eigenvalue weighted by molar-refractivity contribution is 7.15. The fraction of sp³-hybridized carbons (Fsp3) is 0.429. The first-order valence-corrected chi connectivity index (χ1v) is 7.27. The van der Waals surface area contributed by atoms with Crippen LogP contribution in [0.25, 0.3) is 0 Å². The summed E-state index contributed by atoms with van der Waals surface area (Å²) < 4.78 is 5.57. The van der Waals surface area contributed by atoms with E-state index in [0.29, 0.717) is 24.6 Å². The molecule has 0 aromatic carbocycles. The van der Waals surface area contributed by atoms with Gasteiger partial charge in [-0.3, -0.25) is 4.79 Å². The third-order valence-corrected chi connectivity index (χ3v) is 3.47. The Kier molecular flexibility index (Phi) is 5.15. The van der Waals surface area contributed by atoms with Crippen LogP contribution < -0.4 is 5.32 Å². The van der Waals surface area contributed by atoms with Crippen LogP contribution in [0.2, 0.25) is 0 Å². The third-order valence-electron chi connectivity index (χ3n) is 2.65. The average Bonchev–Trinajstić information content (AvgIpc) is 2.81. The van der Waals surface area contributed by atoms with E-state index in [-0.39, 0.29) is 7.33 Å². The maximum absolute atomic E-state index is 11.6. The minimum absolute atomic E-state index is 0. The molecule has 0 unspecified atom stereocenters. The minimum atomic E-state index is -0.00823. The van der Waals surface area contributed by atoms with Gasteiger partial charge in [0.1, 0.15) is 5.76 Å². The standard InChI is InChI=1S/C14H18N2O2S.H2/c1-11-10-15-14(19-11)16-13(17)8-5-9-18-12-6-3-2-4-7-12;/h3,6-7,10H,2,4-5,8-9H2,1H3,(H,15,16,17);1H. The van der Waals surface area contributed by atoms with E-state index in [9.17, 15) is 4.79 Å². The highest BCUT2D eigenvalue weighted by Crippen LogP contribution is 2.17. The van der Waals surface area contributed by atoms with Crippen molar-refractivity contribution in [3.63, 3.8) is 0 Å². The maximum Gasteiger partial charge on any atom is 0.226 e. The summed E-state index contributed by atoms with van der Waals surface area (Å²) in [5.41, 5.74) is 0. The fourth-order valence-electron chi connectivity index (χ4n) is 1.71. The summed E-state index contributed by atoms with van der Waals surface area (Å²) >= 11 is 1.49. The molecule has 1 aliphatic carbocycles. The van der Waals surface area contributed by atoms with Gasteiger partial charge in [-0.25, -0.2) is 4.98 Å². The van der Waals surface area contributed by atoms with Gasteiger partial charge < -0.3 is 10.1 Å². The molecule has 0 fully saturated rings. The third kappa shape index (κ3) is 4.87. The van der Waals surface area contributed by atoms with Gasteiger partial charge in [-0.1, -0.05) is 6.08 Å². The number of anilines is 1. The van der Waals surface area contributed by atoms with Gasteiger partial charge in [0, 0.05) is 18.9 Å². The van der Waals surface area contributed by atoms with Gasteiger partial charge in [0.25, 0.3) is 0 Å². The summed E-state index contributed by atoms with van der Waals surface area (Å²) in [6.07, 6.45) is 11.2. The van der Waals surface area contributed by atoms with Crippen molar-refractivity contribution in [1.82, 2.24) is 4.98 Å². The molecule has 0 radical (unpaired) electrons. The first-order chi connectivity index (χ1) is 9.24. The van der Waals surface area contributed by atoms with Crippen LogP contribution in [0.3, 0.4) is 0 Å². The molecule has 0 bridgehead atoms. The topological polar surface area (TPSA) is 51.2 Å². The molecule has 19 heavy (non-hydrogen) atoms. The number of hydrogen-bond acceptors (Lipinski definition) is 4. The Morgan fingerprint density at radius 2 is 2.47 bits per heavy atom. The molecule has 0 aliphatic heterocycles. The normalized spacial score (nSPS) is 14.1. The van der Waals surface area contributed by atoms with Crippen LogP contribution in [0, 0.1) is 6.92 Å². The summed E-state index contributed by atoms with van der Waals surface area (Å²) in [4.78, 5) is 16.8. The molecular formula is C14H20N2O2S. The molecule has 104 valence electrons. The van der Waals surface area contributed by atoms with E-state index in [2.05, 4.69) is 22.5 Å². The smallest absolute Gasteiger partial charge is 0.226 e. The van der Waals surface area contributed by atoms with Crippen molar-refractivity contribution < 1.29 is 11.0 Å². The predicted octanol–water partition coefficient (Wildman–Crippen LogP) is 3.67. The molecule has 0 spiro atoms. The van der Waals surface area contributed by atoms with Crippen LogP contribution in [0.15, 0.2) is 30.2 Å². The molecule has 0 atom stereocenters. The Bertz CT molecular complexity index is 497. The van der Waals surface area contributed by atoms with E-state index in [1.807, 2.05) is 13.0 Å². The van der Waals surface area contributed by atoms with Gasteiger partial charge in [0.05, 0.1) is 6.61 Å². The highest BCUT2D eigenvalue weighted by atomic mass is 32.1. The van der Waals surface area contributed by atoms with Crippen LogP contribution in [0.4, 0.5) is 5.13 Å². The van der Waals surface area contributed by atoms with Crippen molar-refractivity contribution in [2.45, 2.75) is 32.6 Å². The van der Waals surface area contributed by atoms with Crippen molar-refractivity contribution >= 4 is 22.4 Å². The van der Waals surface area contributed by atoms with E-state index < -0.39 is 0 Å². The molecule has 2 rings (SSSR count). The largest absolute Gasteiger partial charge is 0.494 e. The first-order valence-electron chi connectivity index (χ1n) is 6.46. The lowest BCUT2D eigenvalue weighted by atomic mass is 10.2. The zero-order chi connectivity index (χ0) is 13.5. The van der Waals surface area contributed by atoms with Crippen molar-refractivity contribution in [2.24, 2.45) is 0 Å². The molecular weight excluding hydrogens is 260 g/mol. The Balaban J connectivity index is 0.00000200. The molecule has 4 nitrogen and oxygen atoms in total. The zero-order valence-corrected chi connectivity index (χ0v) is 11.8. The summed E-state index contributed by atoms with van der Waals surface area (Å²) in [6.45, 7) is 2.53. The van der Waals surface area contributed by atoms with Crippen LogP contribution in [-0.4, -0.2) is 17.5 Å². The van der Waals surface area contributed by atoms with E-state index in [4.69, 9.17) is 4.74 Å². The summed E-state index contributed by atoms with van der Waals surface area (Å²) in [7, 11) is 0. The molecule has 1 aliphatic rings. The number of carbonyl (C=O) groups is 1. The maximum atomic E-state index is 11.6. The second-order valence-corrected chi connectivity index (χ2v) is 5.60. The average molecular weight is 280 g/mol. The van der Waals surface area contributed by atoms with Crippen molar-refractivity contribution in [3.8, 4) is 0 Å². The quantitative estimate of drug-likeness (QED) is 0.809. The molecule has 1 aromatic rings. The Hall–Kier alpha value is -1.62. The number of hydrogen-bond donors (Lipinski definition) is 1. The summed E-state index contributed by atoms with van der Waals surface area (Å²) in [5.74, 6) is 0.910. The lowest BCUT2D eigenvalue weighted by molar-refractivity contribution is -0.116. The van der Waals surface area contributed by atoms with Crippen molar-refractivity contribution in [1.29, 1.82) is 0 Å². The van der Waals surface area contributed by atoms with Gasteiger partial charge in [-0.15, -0.1) is 11.3 Å². The van der Waals surface area contributed by atoms with Gasteiger partial charge >= 0.3 is 0 Å². The van der Waals surface area contributed by atoms with Gasteiger partial charge in [0.15, 0.2) is 5.13 Å². The molecule has 5 heteroatoms. The number of aryl methyl sites for hydroxylation is 1. The van der Waals surface area contributed by atoms with Crippen molar-refractivity contribution in [3.05, 3.63) is 35.1 Å². The second kappa shape index (κ2) is 7.09. The Morgan fingerprint density at radius 1 is 1.58 bits per heavy atom. The van der Waals surface area contributed by atoms with E-state index >= 15 is 0 Å². The van der Waals surface area contributed by atoms with Gasteiger partial charge in [-0.05, 0) is 38.3 Å². The number of aromatic nitrogens is 1. The monoisotopic (exact) mass is 280 g/mol. The SMILES string of the molecule is Cc1cnc(NC(=O)CCCOC2=CCCC=C2)s1.[HH]. The van der Waals surface area contributed by atoms with E-state index in [0.717, 1.165) is 23.5 Å². The zero-order valence-electron chi connectivity index (χ0n) is 11.0. The van der Waals surface area contributed by atoms with Crippen LogP contribution in [0.1, 0.15) is 32.0 Å². The Labute approximate surface area is 118 Å².